The van der Waals surface area contributed by atoms with Gasteiger partial charge in [-0.25, -0.2) is 0 Å². The van der Waals surface area contributed by atoms with Crippen LogP contribution in [0.3, 0.4) is 0 Å². The molecule has 1 fully saturated rings. The lowest BCUT2D eigenvalue weighted by Crippen LogP contribution is -2.29. The van der Waals surface area contributed by atoms with E-state index in [0.717, 1.165) is 44.2 Å². The van der Waals surface area contributed by atoms with Crippen LogP contribution in [0.25, 0.3) is 33.1 Å². The van der Waals surface area contributed by atoms with Gasteiger partial charge in [0.15, 0.2) is 0 Å². The van der Waals surface area contributed by atoms with Crippen molar-refractivity contribution in [2.75, 3.05) is 27.4 Å². The summed E-state index contributed by atoms with van der Waals surface area (Å²) in [5, 5.41) is 22.6. The standard InChI is InChI=1S/C49H66O10P2/c1-29(2)16-32-21-33(52-14)22-37(38-23-34(53-15)24-41(48(9,10)11)45(38)57-60-54-27-49(12,13)28-55-60)42(32)56-61-58-43-35(17-30(25-50)19-39(43)46(3,4)5)36-18-31(26-51)20-40(44(36)59-61)47(6,7)8/h17-24,29,50-51H,16,25-28H2,1-15H3. The normalized spacial score (nSPS) is 15.1. The van der Waals surface area contributed by atoms with Crippen molar-refractivity contribution in [1.82, 2.24) is 0 Å². The lowest BCUT2D eigenvalue weighted by Gasteiger charge is -2.34. The van der Waals surface area contributed by atoms with Crippen molar-refractivity contribution in [3.8, 4) is 34.1 Å². The van der Waals surface area contributed by atoms with Crippen LogP contribution in [0.1, 0.15) is 123 Å². The maximum atomic E-state index is 10.5. The number of rotatable bonds is 11. The van der Waals surface area contributed by atoms with Gasteiger partial charge in [0.1, 0.15) is 34.2 Å². The van der Waals surface area contributed by atoms with Gasteiger partial charge in [-0.1, -0.05) is 90.0 Å². The van der Waals surface area contributed by atoms with E-state index in [1.165, 1.54) is 0 Å². The summed E-state index contributed by atoms with van der Waals surface area (Å²) in [6.45, 7) is 28.4. The number of methoxy groups -OCH3 is 2. The zero-order valence-electron chi connectivity index (χ0n) is 38.8. The van der Waals surface area contributed by atoms with E-state index in [1.54, 1.807) is 14.2 Å². The monoisotopic (exact) mass is 876 g/mol. The number of aliphatic hydroxyl groups excluding tert-OH is 2. The molecule has 2 heterocycles. The summed E-state index contributed by atoms with van der Waals surface area (Å²) in [6.07, 6.45) is 0.649. The first-order chi connectivity index (χ1) is 28.5. The molecule has 0 saturated carbocycles. The van der Waals surface area contributed by atoms with Crippen LogP contribution in [0.4, 0.5) is 0 Å². The fraction of sp³-hybridized carbons (Fsp3) is 0.510. The van der Waals surface area contributed by atoms with E-state index < -0.39 is 27.7 Å². The van der Waals surface area contributed by atoms with Crippen molar-refractivity contribution in [2.24, 2.45) is 11.3 Å². The van der Waals surface area contributed by atoms with E-state index in [-0.39, 0.29) is 30.0 Å². The lowest BCUT2D eigenvalue weighted by molar-refractivity contribution is 0.0425. The van der Waals surface area contributed by atoms with Crippen LogP contribution >= 0.6 is 16.8 Å². The van der Waals surface area contributed by atoms with E-state index in [2.05, 4.69) is 90.0 Å². The Kier molecular flexibility index (Phi) is 13.6. The van der Waals surface area contributed by atoms with Gasteiger partial charge in [-0.15, -0.1) is 0 Å². The predicted octanol–water partition coefficient (Wildman–Crippen LogP) is 13.6. The van der Waals surface area contributed by atoms with Gasteiger partial charge < -0.3 is 46.2 Å². The van der Waals surface area contributed by atoms with Crippen molar-refractivity contribution in [3.05, 3.63) is 81.9 Å². The van der Waals surface area contributed by atoms with Crippen LogP contribution in [-0.2, 0) is 44.9 Å². The Labute approximate surface area is 364 Å². The average Bonchev–Trinajstić information content (AvgIpc) is 3.33. The molecule has 0 bridgehead atoms. The van der Waals surface area contributed by atoms with E-state index in [1.807, 2.05) is 48.5 Å². The van der Waals surface area contributed by atoms with Gasteiger partial charge in [-0.3, -0.25) is 0 Å². The number of fused-ring (bicyclic) bond motifs is 3. The molecule has 0 amide bonds. The van der Waals surface area contributed by atoms with Crippen molar-refractivity contribution in [1.29, 1.82) is 0 Å². The molecule has 1 aromatic heterocycles. The van der Waals surface area contributed by atoms with Gasteiger partial charge >= 0.3 is 16.8 Å². The Bertz CT molecular complexity index is 2340. The van der Waals surface area contributed by atoms with Crippen LogP contribution in [0.2, 0.25) is 0 Å². The summed E-state index contributed by atoms with van der Waals surface area (Å²) in [7, 11) is -0.645. The molecule has 0 spiro atoms. The van der Waals surface area contributed by atoms with Crippen LogP contribution in [0.15, 0.2) is 56.9 Å². The van der Waals surface area contributed by atoms with Gasteiger partial charge in [0.2, 0.25) is 0 Å². The molecule has 1 aliphatic rings. The minimum absolute atomic E-state index is 0.144. The SMILES string of the molecule is COc1cc(CC(C)C)c(Op2oc3c(C(C)(C)C)cc(CO)cc3c3cc(CO)cc(C(C)(C)C)c3o2)c(-c2cc(OC)cc(C(C)(C)C)c2OP2OCC(C)(C)CO2)c1. The fourth-order valence-electron chi connectivity index (χ4n) is 7.46. The van der Waals surface area contributed by atoms with Crippen molar-refractivity contribution in [3.63, 3.8) is 0 Å². The molecule has 2 N–H and O–H groups in total. The number of hydrogen-bond acceptors (Lipinski definition) is 10. The third-order valence-corrected chi connectivity index (χ3v) is 12.8. The summed E-state index contributed by atoms with van der Waals surface area (Å²) in [6, 6.07) is 15.8. The Balaban J connectivity index is 1.75. The number of ether oxygens (including phenoxy) is 2. The van der Waals surface area contributed by atoms with Gasteiger partial charge in [0.25, 0.3) is 0 Å². The summed E-state index contributed by atoms with van der Waals surface area (Å²) in [5.74, 6) is 2.67. The molecule has 332 valence electrons. The molecule has 5 aromatic rings. The number of hydrogen-bond donors (Lipinski definition) is 2. The molecule has 0 aliphatic carbocycles. The van der Waals surface area contributed by atoms with Crippen LogP contribution < -0.4 is 18.5 Å². The van der Waals surface area contributed by atoms with Crippen LogP contribution in [0.5, 0.6) is 23.0 Å². The third-order valence-electron chi connectivity index (χ3n) is 10.8. The van der Waals surface area contributed by atoms with Gasteiger partial charge in [0, 0.05) is 44.0 Å². The Morgan fingerprint density at radius 3 is 1.51 bits per heavy atom. The predicted molar refractivity (Wildman–Crippen MR) is 247 cm³/mol. The number of benzene rings is 4. The zero-order chi connectivity index (χ0) is 44.8. The second-order valence-electron chi connectivity index (χ2n) is 20.4. The van der Waals surface area contributed by atoms with E-state index in [0.29, 0.717) is 64.9 Å². The quantitative estimate of drug-likeness (QED) is 0.124. The number of aliphatic hydroxyl groups is 2. The molecule has 4 aromatic carbocycles. The minimum Gasteiger partial charge on any atom is -0.497 e. The van der Waals surface area contributed by atoms with E-state index in [4.69, 9.17) is 36.0 Å². The molecule has 1 aliphatic heterocycles. The molecular formula is C49H66O10P2. The molecule has 61 heavy (non-hydrogen) atoms. The summed E-state index contributed by atoms with van der Waals surface area (Å²) >= 11 is 0. The second-order valence-corrected chi connectivity index (χ2v) is 22.6. The molecule has 6 rings (SSSR count). The highest BCUT2D eigenvalue weighted by molar-refractivity contribution is 7.42. The Morgan fingerprint density at radius 2 is 1.08 bits per heavy atom. The minimum atomic E-state index is -2.23. The molecule has 1 saturated heterocycles. The average molecular weight is 877 g/mol. The molecular weight excluding hydrogens is 810 g/mol. The van der Waals surface area contributed by atoms with Crippen LogP contribution in [-0.4, -0.2) is 37.6 Å². The fourth-order valence-corrected chi connectivity index (χ4v) is 10.1. The van der Waals surface area contributed by atoms with Gasteiger partial charge in [0.05, 0.1) is 40.6 Å². The first-order valence-corrected chi connectivity index (χ1v) is 23.2. The zero-order valence-corrected chi connectivity index (χ0v) is 40.6. The largest absolute Gasteiger partial charge is 0.497 e. The van der Waals surface area contributed by atoms with Crippen LogP contribution in [0, 0.1) is 11.3 Å². The Hall–Kier alpha value is -3.75. The summed E-state index contributed by atoms with van der Waals surface area (Å²) in [5.41, 5.74) is 6.34. The summed E-state index contributed by atoms with van der Waals surface area (Å²) in [4.78, 5) is 0. The first-order valence-electron chi connectivity index (χ1n) is 21.0. The smallest absolute Gasteiger partial charge is 0.453 e. The highest BCUT2D eigenvalue weighted by Crippen LogP contribution is 2.55. The molecule has 10 nitrogen and oxygen atoms in total. The van der Waals surface area contributed by atoms with Crippen molar-refractivity contribution < 1.29 is 46.2 Å². The summed E-state index contributed by atoms with van der Waals surface area (Å²) < 4.78 is 52.8. The van der Waals surface area contributed by atoms with Gasteiger partial charge in [-0.2, -0.15) is 0 Å². The van der Waals surface area contributed by atoms with Crippen molar-refractivity contribution >= 4 is 38.8 Å². The second kappa shape index (κ2) is 17.8. The third kappa shape index (κ3) is 10.4. The maximum absolute atomic E-state index is 10.5. The first kappa shape index (κ1) is 46.7. The van der Waals surface area contributed by atoms with Crippen molar-refractivity contribution in [2.45, 2.75) is 126 Å². The molecule has 0 radical (unpaired) electrons. The van der Waals surface area contributed by atoms with E-state index in [9.17, 15) is 10.2 Å². The maximum Gasteiger partial charge on any atom is 0.453 e. The molecule has 0 atom stereocenters. The van der Waals surface area contributed by atoms with Gasteiger partial charge in [-0.05, 0) is 93.8 Å². The Morgan fingerprint density at radius 1 is 0.623 bits per heavy atom. The van der Waals surface area contributed by atoms with E-state index >= 15 is 0 Å². The molecule has 0 unspecified atom stereocenters. The molecule has 12 heteroatoms. The topological polar surface area (TPSA) is 122 Å². The lowest BCUT2D eigenvalue weighted by atomic mass is 9.83. The highest BCUT2D eigenvalue weighted by atomic mass is 31.2. The highest BCUT2D eigenvalue weighted by Gasteiger charge is 2.35.